The van der Waals surface area contributed by atoms with E-state index in [0.29, 0.717) is 0 Å². The molecule has 0 aliphatic carbocycles. The van der Waals surface area contributed by atoms with Crippen molar-refractivity contribution in [2.45, 2.75) is 12.8 Å². The van der Waals surface area contributed by atoms with E-state index in [2.05, 4.69) is 35.3 Å². The average Bonchev–Trinajstić information content (AvgIpc) is 2.99. The van der Waals surface area contributed by atoms with Crippen molar-refractivity contribution in [1.82, 2.24) is 9.88 Å². The van der Waals surface area contributed by atoms with Crippen LogP contribution in [0, 0.1) is 0 Å². The maximum atomic E-state index is 12.9. The van der Waals surface area contributed by atoms with Gasteiger partial charge in [-0.25, -0.2) is 0 Å². The van der Waals surface area contributed by atoms with Crippen molar-refractivity contribution in [2.24, 2.45) is 0 Å². The van der Waals surface area contributed by atoms with Gasteiger partial charge in [-0.15, -0.1) is 0 Å². The molecular formula is C25H21ClN2O. The summed E-state index contributed by atoms with van der Waals surface area (Å²) in [6.07, 6.45) is 1.68. The first-order valence-corrected chi connectivity index (χ1v) is 10.3. The summed E-state index contributed by atoms with van der Waals surface area (Å²) in [5.74, 6) is 0.109. The Labute approximate surface area is 174 Å². The van der Waals surface area contributed by atoms with Gasteiger partial charge in [0.2, 0.25) is 0 Å². The van der Waals surface area contributed by atoms with Gasteiger partial charge in [-0.3, -0.25) is 4.79 Å². The summed E-state index contributed by atoms with van der Waals surface area (Å²) in [5, 5.41) is 2.00. The smallest absolute Gasteiger partial charge is 0.253 e. The molecule has 0 spiro atoms. The van der Waals surface area contributed by atoms with Gasteiger partial charge in [0.25, 0.3) is 5.91 Å². The number of fused-ring (bicyclic) bond motifs is 3. The van der Waals surface area contributed by atoms with Gasteiger partial charge in [0.1, 0.15) is 0 Å². The van der Waals surface area contributed by atoms with Crippen molar-refractivity contribution in [3.8, 4) is 11.1 Å². The molecule has 0 fully saturated rings. The number of hydrogen-bond donors (Lipinski definition) is 1. The highest BCUT2D eigenvalue weighted by Gasteiger charge is 2.23. The van der Waals surface area contributed by atoms with Crippen molar-refractivity contribution in [3.05, 3.63) is 94.6 Å². The molecule has 0 saturated heterocycles. The Hall–Kier alpha value is -3.04. The van der Waals surface area contributed by atoms with Crippen LogP contribution in [0.25, 0.3) is 22.0 Å². The van der Waals surface area contributed by atoms with E-state index in [4.69, 9.17) is 11.6 Å². The predicted molar refractivity (Wildman–Crippen MR) is 118 cm³/mol. The molecule has 0 atom stereocenters. The molecular weight excluding hydrogens is 380 g/mol. The van der Waals surface area contributed by atoms with Crippen LogP contribution in [0.5, 0.6) is 0 Å². The minimum Gasteiger partial charge on any atom is -0.358 e. The molecule has 0 unspecified atom stereocenters. The van der Waals surface area contributed by atoms with Crippen LogP contribution >= 0.6 is 11.6 Å². The second-order valence-electron chi connectivity index (χ2n) is 7.48. The first-order valence-electron chi connectivity index (χ1n) is 9.93. The van der Waals surface area contributed by atoms with Crippen LogP contribution in [-0.2, 0) is 12.8 Å². The van der Waals surface area contributed by atoms with E-state index >= 15 is 0 Å². The largest absolute Gasteiger partial charge is 0.358 e. The molecule has 1 aliphatic rings. The van der Waals surface area contributed by atoms with Crippen molar-refractivity contribution < 1.29 is 4.79 Å². The Morgan fingerprint density at radius 1 is 0.862 bits per heavy atom. The SMILES string of the molecule is O=C(c1ccccc1)N1CCc2[nH]c3cccc(-c4ccc(Cl)cc4)c3c2CC1. The number of benzene rings is 3. The third kappa shape index (κ3) is 3.32. The quantitative estimate of drug-likeness (QED) is 0.458. The zero-order chi connectivity index (χ0) is 19.8. The van der Waals surface area contributed by atoms with E-state index in [1.165, 1.54) is 22.2 Å². The summed E-state index contributed by atoms with van der Waals surface area (Å²) < 4.78 is 0. The fourth-order valence-corrected chi connectivity index (χ4v) is 4.43. The topological polar surface area (TPSA) is 36.1 Å². The molecule has 1 amide bonds. The summed E-state index contributed by atoms with van der Waals surface area (Å²) in [6, 6.07) is 23.9. The standard InChI is InChI=1S/C25H21ClN2O/c26-19-11-9-17(10-12-19)20-7-4-8-23-24(20)21-13-15-28(16-14-22(21)27-23)25(29)18-5-2-1-3-6-18/h1-12,27H,13-16H2. The molecule has 1 aromatic heterocycles. The molecule has 1 N–H and O–H groups in total. The van der Waals surface area contributed by atoms with E-state index in [-0.39, 0.29) is 5.91 Å². The van der Waals surface area contributed by atoms with E-state index in [0.717, 1.165) is 47.6 Å². The van der Waals surface area contributed by atoms with Gasteiger partial charge in [-0.1, -0.05) is 54.1 Å². The van der Waals surface area contributed by atoms with Crippen LogP contribution in [0.4, 0.5) is 0 Å². The molecule has 0 saturated carbocycles. The number of H-pyrrole nitrogens is 1. The lowest BCUT2D eigenvalue weighted by molar-refractivity contribution is 0.0763. The minimum atomic E-state index is 0.109. The van der Waals surface area contributed by atoms with Crippen LogP contribution in [0.2, 0.25) is 5.02 Å². The summed E-state index contributed by atoms with van der Waals surface area (Å²) in [4.78, 5) is 18.5. The summed E-state index contributed by atoms with van der Waals surface area (Å²) in [6.45, 7) is 1.45. The van der Waals surface area contributed by atoms with Crippen molar-refractivity contribution in [1.29, 1.82) is 0 Å². The lowest BCUT2D eigenvalue weighted by Gasteiger charge is -2.20. The molecule has 144 valence electrons. The van der Waals surface area contributed by atoms with Gasteiger partial charge in [0, 0.05) is 46.7 Å². The fraction of sp³-hybridized carbons (Fsp3) is 0.160. The van der Waals surface area contributed by atoms with Gasteiger partial charge in [-0.05, 0) is 53.4 Å². The maximum Gasteiger partial charge on any atom is 0.253 e. The number of aromatic nitrogens is 1. The van der Waals surface area contributed by atoms with E-state index in [1.54, 1.807) is 0 Å². The molecule has 1 aliphatic heterocycles. The van der Waals surface area contributed by atoms with Crippen LogP contribution < -0.4 is 0 Å². The number of aromatic amines is 1. The molecule has 5 rings (SSSR count). The third-order valence-corrected chi connectivity index (χ3v) is 5.99. The van der Waals surface area contributed by atoms with Gasteiger partial charge in [0.05, 0.1) is 0 Å². The predicted octanol–water partition coefficient (Wildman–Crippen LogP) is 5.73. The number of halogens is 1. The van der Waals surface area contributed by atoms with Crippen LogP contribution in [0.3, 0.4) is 0 Å². The average molecular weight is 401 g/mol. The lowest BCUT2D eigenvalue weighted by Crippen LogP contribution is -2.33. The number of nitrogens with zero attached hydrogens (tertiary/aromatic N) is 1. The van der Waals surface area contributed by atoms with Crippen LogP contribution in [0.1, 0.15) is 21.6 Å². The van der Waals surface area contributed by atoms with Crippen LogP contribution in [-0.4, -0.2) is 28.9 Å². The number of carbonyl (C=O) groups is 1. The number of hydrogen-bond acceptors (Lipinski definition) is 1. The van der Waals surface area contributed by atoms with Gasteiger partial charge in [-0.2, -0.15) is 0 Å². The Morgan fingerprint density at radius 3 is 2.41 bits per heavy atom. The van der Waals surface area contributed by atoms with E-state index < -0.39 is 0 Å². The minimum absolute atomic E-state index is 0.109. The Morgan fingerprint density at radius 2 is 1.62 bits per heavy atom. The summed E-state index contributed by atoms with van der Waals surface area (Å²) in [7, 11) is 0. The molecule has 3 nitrogen and oxygen atoms in total. The first kappa shape index (κ1) is 18.0. The van der Waals surface area contributed by atoms with Crippen molar-refractivity contribution in [3.63, 3.8) is 0 Å². The second kappa shape index (κ2) is 7.41. The number of amides is 1. The number of rotatable bonds is 2. The highest BCUT2D eigenvalue weighted by molar-refractivity contribution is 6.30. The van der Waals surface area contributed by atoms with Crippen LogP contribution in [0.15, 0.2) is 72.8 Å². The normalized spacial score (nSPS) is 13.9. The fourth-order valence-electron chi connectivity index (χ4n) is 4.30. The second-order valence-corrected chi connectivity index (χ2v) is 7.91. The van der Waals surface area contributed by atoms with Gasteiger partial charge >= 0.3 is 0 Å². The monoisotopic (exact) mass is 400 g/mol. The van der Waals surface area contributed by atoms with E-state index in [1.807, 2.05) is 47.4 Å². The molecule has 3 aromatic carbocycles. The van der Waals surface area contributed by atoms with E-state index in [9.17, 15) is 4.79 Å². The highest BCUT2D eigenvalue weighted by Crippen LogP contribution is 2.35. The maximum absolute atomic E-state index is 12.9. The molecule has 4 aromatic rings. The number of carbonyl (C=O) groups excluding carboxylic acids is 1. The molecule has 0 radical (unpaired) electrons. The Kier molecular flexibility index (Phi) is 4.61. The first-order chi connectivity index (χ1) is 14.2. The highest BCUT2D eigenvalue weighted by atomic mass is 35.5. The van der Waals surface area contributed by atoms with Gasteiger partial charge < -0.3 is 9.88 Å². The van der Waals surface area contributed by atoms with Crippen molar-refractivity contribution in [2.75, 3.05) is 13.1 Å². The third-order valence-electron chi connectivity index (χ3n) is 5.74. The van der Waals surface area contributed by atoms with Crippen molar-refractivity contribution >= 4 is 28.4 Å². The summed E-state index contributed by atoms with van der Waals surface area (Å²) >= 11 is 6.09. The molecule has 0 bridgehead atoms. The zero-order valence-corrected chi connectivity index (χ0v) is 16.7. The Balaban J connectivity index is 1.51. The van der Waals surface area contributed by atoms with Gasteiger partial charge in [0.15, 0.2) is 0 Å². The lowest BCUT2D eigenvalue weighted by atomic mass is 9.97. The number of nitrogens with one attached hydrogen (secondary N) is 1. The molecule has 29 heavy (non-hydrogen) atoms. The Bertz CT molecular complexity index is 1180. The zero-order valence-electron chi connectivity index (χ0n) is 16.0. The molecule has 2 heterocycles. The molecule has 4 heteroatoms. The summed E-state index contributed by atoms with van der Waals surface area (Å²) in [5.41, 5.74) is 6.84.